The molecule has 0 radical (unpaired) electrons. The molecule has 200 valence electrons. The van der Waals surface area contributed by atoms with E-state index in [1.807, 2.05) is 37.4 Å². The number of amides is 2. The summed E-state index contributed by atoms with van der Waals surface area (Å²) in [6.07, 6.45) is 4.59. The van der Waals surface area contributed by atoms with Crippen molar-refractivity contribution in [3.8, 4) is 0 Å². The number of hydrogen-bond donors (Lipinski definition) is 5. The summed E-state index contributed by atoms with van der Waals surface area (Å²) in [5, 5.41) is 28.2. The molecule has 0 aromatic heterocycles. The second-order valence-corrected chi connectivity index (χ2v) is 9.22. The highest BCUT2D eigenvalue weighted by Gasteiger charge is 2.38. The Kier molecular flexibility index (Phi) is 12.9. The molecule has 1 fully saturated rings. The lowest BCUT2D eigenvalue weighted by Crippen LogP contribution is -2.54. The molecule has 2 unspecified atom stereocenters. The molecule has 1 heterocycles. The zero-order valence-electron chi connectivity index (χ0n) is 21.1. The van der Waals surface area contributed by atoms with Crippen molar-refractivity contribution in [3.05, 3.63) is 35.9 Å². The summed E-state index contributed by atoms with van der Waals surface area (Å²) in [7, 11) is 1.83. The molecule has 1 aromatic carbocycles. The van der Waals surface area contributed by atoms with Crippen molar-refractivity contribution in [2.75, 3.05) is 26.7 Å². The molecule has 5 N–H and O–H groups in total. The lowest BCUT2D eigenvalue weighted by atomic mass is 10.0. The summed E-state index contributed by atoms with van der Waals surface area (Å²) in [6.45, 7) is 1.58. The third-order valence-corrected chi connectivity index (χ3v) is 6.46. The molecular weight excluding hydrogens is 464 g/mol. The molecular formula is C26H40N4O6. The average molecular weight is 505 g/mol. The number of carboxylic acid groups (broad SMARTS) is 2. The molecule has 3 atom stereocenters. The second-order valence-electron chi connectivity index (χ2n) is 9.22. The first-order valence-corrected chi connectivity index (χ1v) is 12.8. The number of hydrogen-bond acceptors (Lipinski definition) is 6. The molecule has 0 spiro atoms. The maximum Gasteiger partial charge on any atom is 0.326 e. The maximum absolute atomic E-state index is 13.3. The first kappa shape index (κ1) is 29.3. The van der Waals surface area contributed by atoms with Crippen LogP contribution in [0.1, 0.15) is 56.9 Å². The number of likely N-dealkylation sites (tertiary alicyclic amines) is 1. The summed E-state index contributed by atoms with van der Waals surface area (Å²) in [5.74, 6) is -2.49. The standard InChI is InChI=1S/C26H40N4O6/c1-27-16-7-13-23(31)28-17-6-5-11-20(24(32)30-18-8-12-22(30)26(35)36)29-21(25(33)34)15-14-19-9-3-2-4-10-19/h2-4,9-10,20-22,27,29H,5-8,11-18H2,1H3,(H,28,31)(H,33,34)(H,35,36)/t20-,21?,22?/m0/s1. The molecule has 1 saturated heterocycles. The number of benzene rings is 1. The van der Waals surface area contributed by atoms with E-state index in [-0.39, 0.29) is 11.8 Å². The van der Waals surface area contributed by atoms with Crippen LogP contribution in [0.4, 0.5) is 0 Å². The van der Waals surface area contributed by atoms with Crippen molar-refractivity contribution in [2.45, 2.75) is 75.9 Å². The molecule has 0 aliphatic carbocycles. The predicted molar refractivity (Wildman–Crippen MR) is 136 cm³/mol. The first-order valence-electron chi connectivity index (χ1n) is 12.8. The van der Waals surface area contributed by atoms with Gasteiger partial charge in [-0.3, -0.25) is 19.7 Å². The Balaban J connectivity index is 1.98. The highest BCUT2D eigenvalue weighted by atomic mass is 16.4. The van der Waals surface area contributed by atoms with Crippen LogP contribution in [-0.4, -0.2) is 83.7 Å². The number of unbranched alkanes of at least 4 members (excludes halogenated alkanes) is 1. The van der Waals surface area contributed by atoms with E-state index in [0.29, 0.717) is 64.5 Å². The maximum atomic E-state index is 13.3. The Hall–Kier alpha value is -2.98. The molecule has 10 nitrogen and oxygen atoms in total. The fraction of sp³-hybridized carbons (Fsp3) is 0.615. The van der Waals surface area contributed by atoms with Crippen molar-refractivity contribution in [1.82, 2.24) is 20.9 Å². The van der Waals surface area contributed by atoms with Crippen LogP contribution in [-0.2, 0) is 25.6 Å². The van der Waals surface area contributed by atoms with E-state index in [2.05, 4.69) is 16.0 Å². The zero-order valence-corrected chi connectivity index (χ0v) is 21.1. The lowest BCUT2D eigenvalue weighted by Gasteiger charge is -2.29. The number of aliphatic carboxylic acids is 2. The summed E-state index contributed by atoms with van der Waals surface area (Å²) in [4.78, 5) is 50.2. The van der Waals surface area contributed by atoms with Gasteiger partial charge in [0.1, 0.15) is 12.1 Å². The molecule has 0 saturated carbocycles. The fourth-order valence-electron chi connectivity index (χ4n) is 4.46. The lowest BCUT2D eigenvalue weighted by molar-refractivity contribution is -0.149. The SMILES string of the molecule is CNCCCC(=O)NCCCC[C@H](NC(CCc1ccccc1)C(=O)O)C(=O)N1CCCC1C(=O)O. The fourth-order valence-corrected chi connectivity index (χ4v) is 4.46. The van der Waals surface area contributed by atoms with Crippen molar-refractivity contribution >= 4 is 23.8 Å². The van der Waals surface area contributed by atoms with E-state index in [1.54, 1.807) is 0 Å². The molecule has 1 aromatic rings. The van der Waals surface area contributed by atoms with E-state index in [9.17, 15) is 29.4 Å². The van der Waals surface area contributed by atoms with Crippen LogP contribution >= 0.6 is 0 Å². The summed E-state index contributed by atoms with van der Waals surface area (Å²) >= 11 is 0. The highest BCUT2D eigenvalue weighted by Crippen LogP contribution is 2.20. The molecule has 2 amide bonds. The van der Waals surface area contributed by atoms with Crippen LogP contribution in [0.15, 0.2) is 30.3 Å². The number of carbonyl (C=O) groups excluding carboxylic acids is 2. The number of nitrogens with zero attached hydrogens (tertiary/aromatic N) is 1. The summed E-state index contributed by atoms with van der Waals surface area (Å²) in [5.41, 5.74) is 1.00. The largest absolute Gasteiger partial charge is 0.480 e. The number of carbonyl (C=O) groups is 4. The molecule has 2 rings (SSSR count). The van der Waals surface area contributed by atoms with Gasteiger partial charge in [-0.15, -0.1) is 0 Å². The van der Waals surface area contributed by atoms with Crippen molar-refractivity contribution < 1.29 is 29.4 Å². The first-order chi connectivity index (χ1) is 17.3. The van der Waals surface area contributed by atoms with Gasteiger partial charge in [-0.25, -0.2) is 4.79 Å². The Morgan fingerprint density at radius 3 is 2.42 bits per heavy atom. The number of aryl methyl sites for hydroxylation is 1. The molecule has 10 heteroatoms. The minimum atomic E-state index is -1.05. The minimum Gasteiger partial charge on any atom is -0.480 e. The normalized spacial score (nSPS) is 16.9. The molecule has 1 aliphatic rings. The van der Waals surface area contributed by atoms with Crippen LogP contribution in [0.2, 0.25) is 0 Å². The topological polar surface area (TPSA) is 148 Å². The highest BCUT2D eigenvalue weighted by molar-refractivity contribution is 5.88. The Morgan fingerprint density at radius 1 is 1.00 bits per heavy atom. The molecule has 0 bridgehead atoms. The van der Waals surface area contributed by atoms with Crippen molar-refractivity contribution in [2.24, 2.45) is 0 Å². The van der Waals surface area contributed by atoms with E-state index in [0.717, 1.165) is 18.5 Å². The smallest absolute Gasteiger partial charge is 0.326 e. The van der Waals surface area contributed by atoms with Crippen molar-refractivity contribution in [1.29, 1.82) is 0 Å². The van der Waals surface area contributed by atoms with E-state index in [4.69, 9.17) is 0 Å². The quantitative estimate of drug-likeness (QED) is 0.200. The van der Waals surface area contributed by atoms with Gasteiger partial charge in [-0.1, -0.05) is 30.3 Å². The minimum absolute atomic E-state index is 0.0239. The van der Waals surface area contributed by atoms with Crippen LogP contribution in [0, 0.1) is 0 Å². The van der Waals surface area contributed by atoms with Gasteiger partial charge in [0.2, 0.25) is 11.8 Å². The van der Waals surface area contributed by atoms with Gasteiger partial charge in [0.05, 0.1) is 6.04 Å². The Bertz CT molecular complexity index is 850. The van der Waals surface area contributed by atoms with Gasteiger partial charge in [-0.05, 0) is 70.5 Å². The van der Waals surface area contributed by atoms with Crippen LogP contribution in [0.5, 0.6) is 0 Å². The van der Waals surface area contributed by atoms with Gasteiger partial charge >= 0.3 is 11.9 Å². The summed E-state index contributed by atoms with van der Waals surface area (Å²) in [6, 6.07) is 6.89. The second kappa shape index (κ2) is 15.9. The van der Waals surface area contributed by atoms with Crippen LogP contribution < -0.4 is 16.0 Å². The number of nitrogens with one attached hydrogen (secondary N) is 3. The van der Waals surface area contributed by atoms with Gasteiger partial charge in [0.15, 0.2) is 0 Å². The predicted octanol–water partition coefficient (Wildman–Crippen LogP) is 1.39. The van der Waals surface area contributed by atoms with E-state index >= 15 is 0 Å². The van der Waals surface area contributed by atoms with Gasteiger partial charge in [0, 0.05) is 19.5 Å². The van der Waals surface area contributed by atoms with E-state index in [1.165, 1.54) is 4.90 Å². The summed E-state index contributed by atoms with van der Waals surface area (Å²) < 4.78 is 0. The Morgan fingerprint density at radius 2 is 1.75 bits per heavy atom. The third kappa shape index (κ3) is 9.94. The van der Waals surface area contributed by atoms with Crippen LogP contribution in [0.3, 0.4) is 0 Å². The van der Waals surface area contributed by atoms with Gasteiger partial charge in [0.25, 0.3) is 0 Å². The monoisotopic (exact) mass is 504 g/mol. The van der Waals surface area contributed by atoms with E-state index < -0.39 is 30.1 Å². The number of carboxylic acids is 2. The van der Waals surface area contributed by atoms with Crippen molar-refractivity contribution in [3.63, 3.8) is 0 Å². The van der Waals surface area contributed by atoms with Gasteiger partial charge < -0.3 is 25.7 Å². The average Bonchev–Trinajstić information content (AvgIpc) is 3.36. The molecule has 36 heavy (non-hydrogen) atoms. The van der Waals surface area contributed by atoms with Crippen LogP contribution in [0.25, 0.3) is 0 Å². The molecule has 1 aliphatic heterocycles. The van der Waals surface area contributed by atoms with Gasteiger partial charge in [-0.2, -0.15) is 0 Å². The third-order valence-electron chi connectivity index (χ3n) is 6.46. The number of rotatable bonds is 17. The Labute approximate surface area is 212 Å². The zero-order chi connectivity index (χ0) is 26.3.